The van der Waals surface area contributed by atoms with Crippen LogP contribution in [0.5, 0.6) is 0 Å². The lowest BCUT2D eigenvalue weighted by atomic mass is 9.80. The largest absolute Gasteiger partial charge is 0.324 e. The molecule has 0 bridgehead atoms. The predicted octanol–water partition coefficient (Wildman–Crippen LogP) is 4.89. The normalized spacial score (nSPS) is 20.7. The number of benzene rings is 3. The van der Waals surface area contributed by atoms with Gasteiger partial charge in [-0.15, -0.1) is 0 Å². The molecule has 0 radical (unpaired) electrons. The lowest BCUT2D eigenvalue weighted by Crippen LogP contribution is -2.56. The van der Waals surface area contributed by atoms with Gasteiger partial charge in [-0.1, -0.05) is 60.1 Å². The van der Waals surface area contributed by atoms with Crippen LogP contribution >= 0.6 is 11.6 Å². The van der Waals surface area contributed by atoms with Crippen LogP contribution < -0.4 is 10.3 Å². The molecule has 1 amide bonds. The second-order valence-electron chi connectivity index (χ2n) is 7.20. The Morgan fingerprint density at radius 1 is 0.893 bits per heavy atom. The van der Waals surface area contributed by atoms with Crippen molar-refractivity contribution in [3.63, 3.8) is 0 Å². The van der Waals surface area contributed by atoms with E-state index in [0.717, 1.165) is 28.2 Å². The maximum Gasteiger partial charge on any atom is 0.253 e. The molecule has 138 valence electrons. The SMILES string of the molecule is O=C1Nc2ccccc2CC12CC(c1ccccc1)=NN2c1ccc(Cl)cc1. The molecule has 28 heavy (non-hydrogen) atoms. The van der Waals surface area contributed by atoms with Gasteiger partial charge in [0.05, 0.1) is 11.4 Å². The van der Waals surface area contributed by atoms with Crippen molar-refractivity contribution in [3.05, 3.63) is 95.0 Å². The summed E-state index contributed by atoms with van der Waals surface area (Å²) in [6.07, 6.45) is 1.14. The maximum atomic E-state index is 13.4. The van der Waals surface area contributed by atoms with Crippen molar-refractivity contribution in [1.29, 1.82) is 0 Å². The quantitative estimate of drug-likeness (QED) is 0.680. The van der Waals surface area contributed by atoms with E-state index in [1.807, 2.05) is 77.8 Å². The molecule has 1 N–H and O–H groups in total. The number of hydrogen-bond donors (Lipinski definition) is 1. The van der Waals surface area contributed by atoms with Gasteiger partial charge in [0, 0.05) is 23.6 Å². The van der Waals surface area contributed by atoms with Gasteiger partial charge in [-0.2, -0.15) is 5.10 Å². The fraction of sp³-hybridized carbons (Fsp3) is 0.130. The molecule has 3 aromatic carbocycles. The van der Waals surface area contributed by atoms with Crippen molar-refractivity contribution in [2.24, 2.45) is 5.10 Å². The van der Waals surface area contributed by atoms with E-state index in [0.29, 0.717) is 17.9 Å². The maximum absolute atomic E-state index is 13.4. The number of rotatable bonds is 2. The summed E-state index contributed by atoms with van der Waals surface area (Å²) >= 11 is 6.08. The van der Waals surface area contributed by atoms with Gasteiger partial charge in [0.2, 0.25) is 0 Å². The third-order valence-electron chi connectivity index (χ3n) is 5.44. The summed E-state index contributed by atoms with van der Waals surface area (Å²) in [5, 5.41) is 10.5. The zero-order valence-corrected chi connectivity index (χ0v) is 15.9. The van der Waals surface area contributed by atoms with Crippen LogP contribution in [0.25, 0.3) is 0 Å². The van der Waals surface area contributed by atoms with Gasteiger partial charge in [0.15, 0.2) is 5.54 Å². The Labute approximate surface area is 168 Å². The molecule has 0 saturated heterocycles. The first-order valence-electron chi connectivity index (χ1n) is 9.24. The smallest absolute Gasteiger partial charge is 0.253 e. The number of halogens is 1. The molecule has 5 rings (SSSR count). The standard InChI is InChI=1S/C23H18ClN3O/c24-18-10-12-19(13-11-18)27-23(15-21(26-27)16-6-2-1-3-7-16)14-17-8-4-5-9-20(17)25-22(23)28/h1-13H,14-15H2,(H,25,28). The first-order valence-corrected chi connectivity index (χ1v) is 9.62. The highest BCUT2D eigenvalue weighted by atomic mass is 35.5. The monoisotopic (exact) mass is 387 g/mol. The Balaban J connectivity index is 1.64. The Hall–Kier alpha value is -3.11. The summed E-state index contributed by atoms with van der Waals surface area (Å²) in [5.41, 5.74) is 3.99. The fourth-order valence-corrected chi connectivity index (χ4v) is 4.15. The molecule has 0 aliphatic carbocycles. The number of amides is 1. The average molecular weight is 388 g/mol. The highest BCUT2D eigenvalue weighted by Gasteiger charge is 2.52. The molecule has 2 heterocycles. The third-order valence-corrected chi connectivity index (χ3v) is 5.69. The van der Waals surface area contributed by atoms with E-state index < -0.39 is 5.54 Å². The van der Waals surface area contributed by atoms with Gasteiger partial charge in [0.1, 0.15) is 0 Å². The lowest BCUT2D eigenvalue weighted by molar-refractivity contribution is -0.121. The van der Waals surface area contributed by atoms with Crippen molar-refractivity contribution in [2.75, 3.05) is 10.3 Å². The zero-order valence-electron chi connectivity index (χ0n) is 15.1. The summed E-state index contributed by atoms with van der Waals surface area (Å²) in [7, 11) is 0. The average Bonchev–Trinajstić information content (AvgIpc) is 3.10. The number of hydrogen-bond acceptors (Lipinski definition) is 3. The van der Waals surface area contributed by atoms with Crippen LogP contribution in [0, 0.1) is 0 Å². The van der Waals surface area contributed by atoms with E-state index in [4.69, 9.17) is 16.7 Å². The van der Waals surface area contributed by atoms with Gasteiger partial charge in [-0.3, -0.25) is 4.79 Å². The highest BCUT2D eigenvalue weighted by Crippen LogP contribution is 2.42. The second kappa shape index (κ2) is 6.50. The number of carbonyl (C=O) groups is 1. The number of para-hydroxylation sites is 1. The molecule has 1 spiro atoms. The molecule has 0 fully saturated rings. The van der Waals surface area contributed by atoms with Gasteiger partial charge in [0.25, 0.3) is 5.91 Å². The molecule has 2 aliphatic heterocycles. The Bertz CT molecular complexity index is 1080. The van der Waals surface area contributed by atoms with Crippen molar-refractivity contribution < 1.29 is 4.79 Å². The van der Waals surface area contributed by atoms with Crippen LogP contribution in [0.1, 0.15) is 17.5 Å². The van der Waals surface area contributed by atoms with Crippen LogP contribution in [-0.4, -0.2) is 17.2 Å². The Morgan fingerprint density at radius 2 is 1.61 bits per heavy atom. The summed E-state index contributed by atoms with van der Waals surface area (Å²) in [6, 6.07) is 25.5. The summed E-state index contributed by atoms with van der Waals surface area (Å²) in [6.45, 7) is 0. The number of fused-ring (bicyclic) bond motifs is 1. The number of nitrogens with one attached hydrogen (secondary N) is 1. The van der Waals surface area contributed by atoms with Crippen molar-refractivity contribution in [3.8, 4) is 0 Å². The summed E-state index contributed by atoms with van der Waals surface area (Å²) in [5.74, 6) is -0.0316. The van der Waals surface area contributed by atoms with E-state index in [-0.39, 0.29) is 5.91 Å². The minimum Gasteiger partial charge on any atom is -0.324 e. The molecule has 1 atom stereocenters. The Kier molecular flexibility index (Phi) is 3.95. The summed E-state index contributed by atoms with van der Waals surface area (Å²) in [4.78, 5) is 13.4. The minimum absolute atomic E-state index is 0.0316. The van der Waals surface area contributed by atoms with E-state index >= 15 is 0 Å². The van der Waals surface area contributed by atoms with Crippen LogP contribution in [-0.2, 0) is 11.2 Å². The number of anilines is 2. The summed E-state index contributed by atoms with van der Waals surface area (Å²) < 4.78 is 0. The van der Waals surface area contributed by atoms with Crippen LogP contribution in [0.2, 0.25) is 5.02 Å². The first kappa shape index (κ1) is 17.0. The van der Waals surface area contributed by atoms with E-state index in [1.165, 1.54) is 0 Å². The first-order chi connectivity index (χ1) is 13.7. The molecule has 3 aromatic rings. The minimum atomic E-state index is -0.798. The highest BCUT2D eigenvalue weighted by molar-refractivity contribution is 6.30. The number of hydrazone groups is 1. The lowest BCUT2D eigenvalue weighted by Gasteiger charge is -2.39. The van der Waals surface area contributed by atoms with E-state index in [9.17, 15) is 4.79 Å². The van der Waals surface area contributed by atoms with Gasteiger partial charge in [-0.25, -0.2) is 5.01 Å². The molecule has 0 aromatic heterocycles. The van der Waals surface area contributed by atoms with Crippen molar-refractivity contribution >= 4 is 34.6 Å². The number of nitrogens with zero attached hydrogens (tertiary/aromatic N) is 2. The Morgan fingerprint density at radius 3 is 2.39 bits per heavy atom. The van der Waals surface area contributed by atoms with Gasteiger partial charge < -0.3 is 5.32 Å². The topological polar surface area (TPSA) is 44.7 Å². The molecular formula is C23H18ClN3O. The van der Waals surface area contributed by atoms with Crippen LogP contribution in [0.3, 0.4) is 0 Å². The van der Waals surface area contributed by atoms with Gasteiger partial charge in [-0.05, 0) is 41.5 Å². The molecular weight excluding hydrogens is 370 g/mol. The third kappa shape index (κ3) is 2.69. The predicted molar refractivity (Wildman–Crippen MR) is 113 cm³/mol. The molecule has 5 heteroatoms. The van der Waals surface area contributed by atoms with Crippen molar-refractivity contribution in [2.45, 2.75) is 18.4 Å². The molecule has 1 unspecified atom stereocenters. The number of carbonyl (C=O) groups excluding carboxylic acids is 1. The fourth-order valence-electron chi connectivity index (χ4n) is 4.03. The van der Waals surface area contributed by atoms with Gasteiger partial charge >= 0.3 is 0 Å². The molecule has 0 saturated carbocycles. The molecule has 4 nitrogen and oxygen atoms in total. The van der Waals surface area contributed by atoms with Crippen LogP contribution in [0.15, 0.2) is 84.0 Å². The van der Waals surface area contributed by atoms with E-state index in [1.54, 1.807) is 0 Å². The zero-order chi connectivity index (χ0) is 19.1. The van der Waals surface area contributed by atoms with Crippen molar-refractivity contribution in [1.82, 2.24) is 0 Å². The van der Waals surface area contributed by atoms with Crippen LogP contribution in [0.4, 0.5) is 11.4 Å². The van der Waals surface area contributed by atoms with E-state index in [2.05, 4.69) is 11.4 Å². The molecule has 2 aliphatic rings. The second-order valence-corrected chi connectivity index (χ2v) is 7.63.